The summed E-state index contributed by atoms with van der Waals surface area (Å²) in [6.07, 6.45) is -1.26. The number of rotatable bonds is 7. The average Bonchev–Trinajstić information content (AvgIpc) is 2.52. The quantitative estimate of drug-likeness (QED) is 0.584. The third-order valence-electron chi connectivity index (χ3n) is 3.07. The molecule has 9 nitrogen and oxygen atoms in total. The zero-order valence-electron chi connectivity index (χ0n) is 15.0. The summed E-state index contributed by atoms with van der Waals surface area (Å²) >= 11 is 0. The molecule has 1 atom stereocenters. The Morgan fingerprint density at radius 2 is 1.65 bits per heavy atom. The smallest absolute Gasteiger partial charge is 0.321 e. The number of sulfonamides is 1. The van der Waals surface area contributed by atoms with Crippen molar-refractivity contribution in [3.63, 3.8) is 0 Å². The normalized spacial score (nSPS) is 12.3. The van der Waals surface area contributed by atoms with Crippen molar-refractivity contribution in [2.75, 3.05) is 6.54 Å². The Morgan fingerprint density at radius 1 is 1.08 bits per heavy atom. The van der Waals surface area contributed by atoms with Crippen molar-refractivity contribution >= 4 is 27.9 Å². The minimum atomic E-state index is -3.88. The molecule has 1 unspecified atom stereocenters. The second-order valence-corrected chi connectivity index (χ2v) is 7.65. The van der Waals surface area contributed by atoms with E-state index < -0.39 is 40.6 Å². The summed E-state index contributed by atoms with van der Waals surface area (Å²) in [5.41, 5.74) is 0.893. The number of benzene rings is 1. The summed E-state index contributed by atoms with van der Waals surface area (Å²) < 4.78 is 31.0. The number of amides is 3. The highest BCUT2D eigenvalue weighted by Gasteiger charge is 2.22. The fourth-order valence-corrected chi connectivity index (χ4v) is 2.73. The van der Waals surface area contributed by atoms with E-state index in [-0.39, 0.29) is 10.9 Å². The number of carbonyl (C=O) groups excluding carboxylic acids is 3. The molecule has 0 bridgehead atoms. The summed E-state index contributed by atoms with van der Waals surface area (Å²) in [5, 5.41) is 4.46. The Morgan fingerprint density at radius 3 is 2.19 bits per heavy atom. The molecule has 1 rings (SSSR count). The predicted molar refractivity (Wildman–Crippen MR) is 93.7 cm³/mol. The Bertz CT molecular complexity index is 759. The SMILES string of the molecule is Cc1ccc(S(=O)(=O)NCC(=O)OC(C)C(=O)NC(=O)NC(C)C)cc1. The third kappa shape index (κ3) is 7.19. The summed E-state index contributed by atoms with van der Waals surface area (Å²) in [6.45, 7) is 5.87. The molecule has 0 aromatic heterocycles. The molecule has 3 N–H and O–H groups in total. The number of imide groups is 1. The number of hydrogen-bond donors (Lipinski definition) is 3. The number of aryl methyl sites for hydroxylation is 1. The minimum Gasteiger partial charge on any atom is -0.452 e. The van der Waals surface area contributed by atoms with Gasteiger partial charge in [-0.3, -0.25) is 14.9 Å². The summed E-state index contributed by atoms with van der Waals surface area (Å²) in [6, 6.07) is 5.19. The van der Waals surface area contributed by atoms with Gasteiger partial charge in [-0.05, 0) is 39.8 Å². The molecular formula is C16H23N3O6S. The highest BCUT2D eigenvalue weighted by Crippen LogP contribution is 2.09. The van der Waals surface area contributed by atoms with Gasteiger partial charge in [0.2, 0.25) is 10.0 Å². The Balaban J connectivity index is 2.51. The van der Waals surface area contributed by atoms with E-state index in [1.807, 2.05) is 12.2 Å². The Kier molecular flexibility index (Phi) is 7.72. The summed E-state index contributed by atoms with van der Waals surface area (Å²) in [4.78, 5) is 34.9. The zero-order chi connectivity index (χ0) is 19.9. The zero-order valence-corrected chi connectivity index (χ0v) is 15.8. The van der Waals surface area contributed by atoms with E-state index in [4.69, 9.17) is 4.74 Å². The van der Waals surface area contributed by atoms with Crippen LogP contribution in [-0.2, 0) is 24.3 Å². The molecule has 0 aliphatic carbocycles. The first-order chi connectivity index (χ1) is 12.0. The lowest BCUT2D eigenvalue weighted by Gasteiger charge is -2.14. The van der Waals surface area contributed by atoms with Gasteiger partial charge in [-0.15, -0.1) is 0 Å². The van der Waals surface area contributed by atoms with Crippen LogP contribution >= 0.6 is 0 Å². The molecule has 144 valence electrons. The molecule has 26 heavy (non-hydrogen) atoms. The number of esters is 1. The largest absolute Gasteiger partial charge is 0.452 e. The number of carbonyl (C=O) groups is 3. The van der Waals surface area contributed by atoms with E-state index in [2.05, 4.69) is 10.0 Å². The van der Waals surface area contributed by atoms with Gasteiger partial charge in [0.15, 0.2) is 6.10 Å². The molecule has 3 amide bonds. The number of ether oxygens (including phenoxy) is 1. The molecule has 0 radical (unpaired) electrons. The topological polar surface area (TPSA) is 131 Å². The first kappa shape index (κ1) is 21.6. The van der Waals surface area contributed by atoms with Crippen LogP contribution in [-0.4, -0.2) is 45.0 Å². The summed E-state index contributed by atoms with van der Waals surface area (Å²) in [5.74, 6) is -1.77. The van der Waals surface area contributed by atoms with Crippen molar-refractivity contribution in [3.8, 4) is 0 Å². The monoisotopic (exact) mass is 385 g/mol. The molecule has 10 heteroatoms. The van der Waals surface area contributed by atoms with Gasteiger partial charge in [-0.25, -0.2) is 13.2 Å². The molecule has 0 fully saturated rings. The van der Waals surface area contributed by atoms with Crippen molar-refractivity contribution < 1.29 is 27.5 Å². The fourth-order valence-electron chi connectivity index (χ4n) is 1.76. The predicted octanol–water partition coefficient (Wildman–Crippen LogP) is 0.439. The molecule has 0 aliphatic rings. The van der Waals surface area contributed by atoms with Crippen molar-refractivity contribution in [2.45, 2.75) is 44.7 Å². The van der Waals surface area contributed by atoms with Gasteiger partial charge in [0.25, 0.3) is 5.91 Å². The average molecular weight is 385 g/mol. The third-order valence-corrected chi connectivity index (χ3v) is 4.49. The van der Waals surface area contributed by atoms with Crippen molar-refractivity contribution in [1.82, 2.24) is 15.4 Å². The van der Waals surface area contributed by atoms with E-state index in [1.54, 1.807) is 26.0 Å². The van der Waals surface area contributed by atoms with E-state index in [9.17, 15) is 22.8 Å². The first-order valence-corrected chi connectivity index (χ1v) is 9.36. The lowest BCUT2D eigenvalue weighted by Crippen LogP contribution is -2.47. The molecule has 0 saturated carbocycles. The van der Waals surface area contributed by atoms with Crippen LogP contribution in [0.25, 0.3) is 0 Å². The Hall–Kier alpha value is -2.46. The van der Waals surface area contributed by atoms with Gasteiger partial charge in [0.05, 0.1) is 4.90 Å². The standard InChI is InChI=1S/C16H23N3O6S/c1-10(2)18-16(22)19-15(21)12(4)25-14(20)9-17-26(23,24)13-7-5-11(3)6-8-13/h5-8,10,12,17H,9H2,1-4H3,(H2,18,19,21,22). The summed E-state index contributed by atoms with van der Waals surface area (Å²) in [7, 11) is -3.88. The van der Waals surface area contributed by atoms with Crippen molar-refractivity contribution in [1.29, 1.82) is 0 Å². The minimum absolute atomic E-state index is 0.00653. The van der Waals surface area contributed by atoms with Crippen molar-refractivity contribution in [3.05, 3.63) is 29.8 Å². The van der Waals surface area contributed by atoms with E-state index >= 15 is 0 Å². The molecule has 0 aliphatic heterocycles. The number of hydrogen-bond acceptors (Lipinski definition) is 6. The van der Waals surface area contributed by atoms with E-state index in [1.165, 1.54) is 19.1 Å². The molecule has 0 saturated heterocycles. The van der Waals surface area contributed by atoms with Gasteiger partial charge in [0, 0.05) is 6.04 Å². The molecular weight excluding hydrogens is 362 g/mol. The number of urea groups is 1. The lowest BCUT2D eigenvalue weighted by atomic mass is 10.2. The second kappa shape index (κ2) is 9.30. The number of nitrogens with one attached hydrogen (secondary N) is 3. The van der Waals surface area contributed by atoms with Gasteiger partial charge < -0.3 is 10.1 Å². The molecule has 0 heterocycles. The van der Waals surface area contributed by atoms with Gasteiger partial charge in [-0.2, -0.15) is 4.72 Å². The van der Waals surface area contributed by atoms with Crippen LogP contribution in [0, 0.1) is 6.92 Å². The highest BCUT2D eigenvalue weighted by molar-refractivity contribution is 7.89. The maximum absolute atomic E-state index is 12.1. The molecule has 1 aromatic rings. The van der Waals surface area contributed by atoms with Crippen LogP contribution in [0.3, 0.4) is 0 Å². The van der Waals surface area contributed by atoms with Crippen LogP contribution in [0.1, 0.15) is 26.3 Å². The fraction of sp³-hybridized carbons (Fsp3) is 0.438. The van der Waals surface area contributed by atoms with Crippen LogP contribution in [0.5, 0.6) is 0 Å². The van der Waals surface area contributed by atoms with E-state index in [0.717, 1.165) is 5.56 Å². The lowest BCUT2D eigenvalue weighted by molar-refractivity contribution is -0.153. The van der Waals surface area contributed by atoms with Crippen LogP contribution in [0.4, 0.5) is 4.79 Å². The maximum atomic E-state index is 12.1. The van der Waals surface area contributed by atoms with Gasteiger partial charge in [-0.1, -0.05) is 17.7 Å². The van der Waals surface area contributed by atoms with Crippen LogP contribution < -0.4 is 15.4 Å². The Labute approximate surface area is 152 Å². The van der Waals surface area contributed by atoms with Crippen molar-refractivity contribution in [2.24, 2.45) is 0 Å². The maximum Gasteiger partial charge on any atom is 0.321 e. The van der Waals surface area contributed by atoms with Gasteiger partial charge in [0.1, 0.15) is 6.54 Å². The molecule has 1 aromatic carbocycles. The van der Waals surface area contributed by atoms with Gasteiger partial charge >= 0.3 is 12.0 Å². The van der Waals surface area contributed by atoms with Crippen LogP contribution in [0.2, 0.25) is 0 Å². The first-order valence-electron chi connectivity index (χ1n) is 7.88. The second-order valence-electron chi connectivity index (χ2n) is 5.89. The van der Waals surface area contributed by atoms with E-state index in [0.29, 0.717) is 0 Å². The highest BCUT2D eigenvalue weighted by atomic mass is 32.2. The van der Waals surface area contributed by atoms with Crippen LogP contribution in [0.15, 0.2) is 29.2 Å². The molecule has 0 spiro atoms.